The smallest absolute Gasteiger partial charge is 0.266 e. The first kappa shape index (κ1) is 27.4. The molecule has 0 atom stereocenters. The van der Waals surface area contributed by atoms with Gasteiger partial charge in [-0.25, -0.2) is 13.4 Å². The van der Waals surface area contributed by atoms with Crippen LogP contribution < -0.4 is 14.9 Å². The zero-order valence-corrected chi connectivity index (χ0v) is 23.4. The van der Waals surface area contributed by atoms with Gasteiger partial charge in [0.2, 0.25) is 15.9 Å². The van der Waals surface area contributed by atoms with Gasteiger partial charge in [0, 0.05) is 13.1 Å². The number of benzene rings is 1. The number of aliphatic hydroxyl groups is 2. The van der Waals surface area contributed by atoms with Crippen molar-refractivity contribution in [3.63, 3.8) is 0 Å². The predicted molar refractivity (Wildman–Crippen MR) is 150 cm³/mol. The van der Waals surface area contributed by atoms with E-state index in [0.717, 1.165) is 37.2 Å². The molecule has 1 saturated carbocycles. The van der Waals surface area contributed by atoms with Gasteiger partial charge in [0.1, 0.15) is 11.5 Å². The third kappa shape index (κ3) is 6.34. The summed E-state index contributed by atoms with van der Waals surface area (Å²) in [5.41, 5.74) is 3.30. The fraction of sp³-hybridized carbons (Fsp3) is 0.519. The summed E-state index contributed by atoms with van der Waals surface area (Å²) < 4.78 is 33.3. The lowest BCUT2D eigenvalue weighted by Crippen LogP contribution is -2.35. The number of aryl methyl sites for hydroxylation is 1. The monoisotopic (exact) mass is 556 g/mol. The third-order valence-electron chi connectivity index (χ3n) is 7.46. The van der Waals surface area contributed by atoms with Crippen LogP contribution in [0.3, 0.4) is 0 Å². The van der Waals surface area contributed by atoms with Gasteiger partial charge in [0.25, 0.3) is 5.89 Å². The molecule has 5 rings (SSSR count). The molecule has 2 aliphatic rings. The first-order valence-electron chi connectivity index (χ1n) is 13.2. The molecular weight excluding hydrogens is 520 g/mol. The molecule has 1 aromatic carbocycles. The highest BCUT2D eigenvalue weighted by molar-refractivity contribution is 7.92. The number of nitrogens with zero attached hydrogens (tertiary/aromatic N) is 4. The third-order valence-corrected chi connectivity index (χ3v) is 8.73. The van der Waals surface area contributed by atoms with Crippen molar-refractivity contribution < 1.29 is 23.0 Å². The van der Waals surface area contributed by atoms with E-state index in [4.69, 9.17) is 9.52 Å². The molecule has 3 heterocycles. The number of rotatable bonds is 10. The standard InChI is InChI=1S/C27H36N6O5S/c1-18-14-21(28-23(15-18)29-26(2,3)17-35)25-31-30-24(38-25)20-5-4-19(32-39(36,37)13-12-34)16-22(20)33-10-8-27(6-7-27)9-11-33/h4-5,14-16,32,34-35H,6-13,17H2,1-3H3,(H,28,29). The minimum atomic E-state index is -3.67. The summed E-state index contributed by atoms with van der Waals surface area (Å²) in [6.45, 7) is 6.89. The maximum atomic E-state index is 12.3. The second-order valence-electron chi connectivity index (χ2n) is 11.4. The Morgan fingerprint density at radius 1 is 1.05 bits per heavy atom. The van der Waals surface area contributed by atoms with E-state index in [2.05, 4.69) is 30.1 Å². The fourth-order valence-corrected chi connectivity index (χ4v) is 5.78. The molecule has 39 heavy (non-hydrogen) atoms. The minimum Gasteiger partial charge on any atom is -0.415 e. The average Bonchev–Trinajstić information content (AvgIpc) is 3.43. The van der Waals surface area contributed by atoms with Gasteiger partial charge in [-0.2, -0.15) is 0 Å². The molecule has 1 saturated heterocycles. The van der Waals surface area contributed by atoms with Crippen LogP contribution in [0.2, 0.25) is 0 Å². The van der Waals surface area contributed by atoms with Crippen LogP contribution in [0, 0.1) is 12.3 Å². The van der Waals surface area contributed by atoms with E-state index in [0.29, 0.717) is 34.1 Å². The summed E-state index contributed by atoms with van der Waals surface area (Å²) in [4.78, 5) is 6.87. The summed E-state index contributed by atoms with van der Waals surface area (Å²) in [6, 6.07) is 8.98. The van der Waals surface area contributed by atoms with Crippen molar-refractivity contribution in [2.24, 2.45) is 5.41 Å². The number of aromatic nitrogens is 3. The molecule has 0 bridgehead atoms. The Morgan fingerprint density at radius 3 is 2.44 bits per heavy atom. The van der Waals surface area contributed by atoms with E-state index in [1.807, 2.05) is 32.9 Å². The van der Waals surface area contributed by atoms with E-state index in [1.54, 1.807) is 18.2 Å². The SMILES string of the molecule is Cc1cc(NC(C)(C)CO)nc(-c2nnc(-c3ccc(NS(=O)(=O)CCO)cc3N3CCC4(CC3)CC4)o2)c1. The summed E-state index contributed by atoms with van der Waals surface area (Å²) >= 11 is 0. The van der Waals surface area contributed by atoms with Crippen molar-refractivity contribution in [1.29, 1.82) is 0 Å². The van der Waals surface area contributed by atoms with Crippen LogP contribution in [-0.4, -0.2) is 71.4 Å². The van der Waals surface area contributed by atoms with E-state index in [1.165, 1.54) is 12.8 Å². The van der Waals surface area contributed by atoms with E-state index in [-0.39, 0.29) is 18.3 Å². The Morgan fingerprint density at radius 2 is 1.77 bits per heavy atom. The van der Waals surface area contributed by atoms with Crippen LogP contribution in [-0.2, 0) is 10.0 Å². The van der Waals surface area contributed by atoms with Crippen LogP contribution in [0.4, 0.5) is 17.2 Å². The fourth-order valence-electron chi connectivity index (χ4n) is 4.95. The van der Waals surface area contributed by atoms with Crippen molar-refractivity contribution in [1.82, 2.24) is 15.2 Å². The lowest BCUT2D eigenvalue weighted by molar-refractivity contribution is 0.234. The number of hydrogen-bond acceptors (Lipinski definition) is 10. The Kier molecular flexibility index (Phi) is 7.29. The van der Waals surface area contributed by atoms with Gasteiger partial charge < -0.3 is 24.8 Å². The molecule has 12 heteroatoms. The zero-order valence-electron chi connectivity index (χ0n) is 22.6. The molecule has 2 aromatic heterocycles. The lowest BCUT2D eigenvalue weighted by Gasteiger charge is -2.35. The Hall–Kier alpha value is -3.22. The number of pyridine rings is 1. The van der Waals surface area contributed by atoms with Gasteiger partial charge in [-0.1, -0.05) is 0 Å². The molecule has 0 amide bonds. The van der Waals surface area contributed by atoms with Gasteiger partial charge in [0.05, 0.1) is 41.4 Å². The summed E-state index contributed by atoms with van der Waals surface area (Å²) in [5, 5.41) is 30.6. The molecular formula is C27H36N6O5S. The maximum Gasteiger partial charge on any atom is 0.266 e. The Labute approximate surface area is 228 Å². The van der Waals surface area contributed by atoms with Crippen molar-refractivity contribution >= 4 is 27.2 Å². The molecule has 3 aromatic rings. The van der Waals surface area contributed by atoms with Gasteiger partial charge in [-0.3, -0.25) is 4.72 Å². The van der Waals surface area contributed by atoms with Gasteiger partial charge in [0.15, 0.2) is 0 Å². The molecule has 4 N–H and O–H groups in total. The molecule has 0 radical (unpaired) electrons. The second kappa shape index (κ2) is 10.4. The molecule has 11 nitrogen and oxygen atoms in total. The quantitative estimate of drug-likeness (QED) is 0.292. The summed E-state index contributed by atoms with van der Waals surface area (Å²) in [6.07, 6.45) is 4.74. The van der Waals surface area contributed by atoms with Gasteiger partial charge >= 0.3 is 0 Å². The topological polar surface area (TPSA) is 154 Å². The number of nitrogens with one attached hydrogen (secondary N) is 2. The van der Waals surface area contributed by atoms with E-state index < -0.39 is 22.2 Å². The second-order valence-corrected chi connectivity index (χ2v) is 13.2. The van der Waals surface area contributed by atoms with Gasteiger partial charge in [-0.15, -0.1) is 10.2 Å². The molecule has 1 spiro atoms. The van der Waals surface area contributed by atoms with Gasteiger partial charge in [-0.05, 0) is 87.8 Å². The zero-order chi connectivity index (χ0) is 27.8. The summed E-state index contributed by atoms with van der Waals surface area (Å²) in [7, 11) is -3.67. The minimum absolute atomic E-state index is 0.0603. The first-order chi connectivity index (χ1) is 18.5. The van der Waals surface area contributed by atoms with Crippen molar-refractivity contribution in [2.75, 3.05) is 47.0 Å². The first-order valence-corrected chi connectivity index (χ1v) is 14.9. The van der Waals surface area contributed by atoms with Crippen LogP contribution in [0.25, 0.3) is 23.0 Å². The van der Waals surface area contributed by atoms with Crippen LogP contribution in [0.15, 0.2) is 34.7 Å². The number of aliphatic hydroxyl groups excluding tert-OH is 2. The molecule has 1 aliphatic heterocycles. The number of sulfonamides is 1. The van der Waals surface area contributed by atoms with Crippen LogP contribution in [0.1, 0.15) is 45.1 Å². The molecule has 1 aliphatic carbocycles. The lowest BCUT2D eigenvalue weighted by atomic mass is 9.93. The normalized spacial score (nSPS) is 16.9. The Balaban J connectivity index is 1.47. The molecule has 2 fully saturated rings. The summed E-state index contributed by atoms with van der Waals surface area (Å²) in [5.74, 6) is 0.781. The predicted octanol–water partition coefficient (Wildman–Crippen LogP) is 3.40. The number of anilines is 3. The molecule has 0 unspecified atom stereocenters. The molecule has 210 valence electrons. The number of piperidine rings is 1. The maximum absolute atomic E-state index is 12.3. The highest BCUT2D eigenvalue weighted by Crippen LogP contribution is 2.54. The largest absolute Gasteiger partial charge is 0.415 e. The average molecular weight is 557 g/mol. The van der Waals surface area contributed by atoms with E-state index in [9.17, 15) is 13.5 Å². The van der Waals surface area contributed by atoms with Crippen molar-refractivity contribution in [3.05, 3.63) is 35.9 Å². The highest BCUT2D eigenvalue weighted by Gasteiger charge is 2.44. The number of hydrogen-bond donors (Lipinski definition) is 4. The van der Waals surface area contributed by atoms with Crippen molar-refractivity contribution in [3.8, 4) is 23.0 Å². The Bertz CT molecular complexity index is 1440. The van der Waals surface area contributed by atoms with Crippen LogP contribution in [0.5, 0.6) is 0 Å². The highest BCUT2D eigenvalue weighted by atomic mass is 32.2. The van der Waals surface area contributed by atoms with E-state index >= 15 is 0 Å². The van der Waals surface area contributed by atoms with Crippen molar-refractivity contribution in [2.45, 2.75) is 52.0 Å². The van der Waals surface area contributed by atoms with Crippen LogP contribution >= 0.6 is 0 Å².